The molecule has 0 bridgehead atoms. The SMILES string of the molecule is C=CCn1c(O)c(C=Nc2ccc(C)c(C)c2)c(=O)[nH]c1=S. The fourth-order valence-corrected chi connectivity index (χ4v) is 2.19. The van der Waals surface area contributed by atoms with Gasteiger partial charge in [0.2, 0.25) is 5.88 Å². The summed E-state index contributed by atoms with van der Waals surface area (Å²) in [6, 6.07) is 5.72. The van der Waals surface area contributed by atoms with Crippen molar-refractivity contribution in [3.63, 3.8) is 0 Å². The van der Waals surface area contributed by atoms with Crippen LogP contribution in [0.3, 0.4) is 0 Å². The van der Waals surface area contributed by atoms with Crippen molar-refractivity contribution in [2.45, 2.75) is 20.4 Å². The number of aromatic nitrogens is 2. The second-order valence-electron chi connectivity index (χ2n) is 4.92. The maximum absolute atomic E-state index is 11.9. The van der Waals surface area contributed by atoms with E-state index < -0.39 is 5.56 Å². The topological polar surface area (TPSA) is 70.4 Å². The second-order valence-corrected chi connectivity index (χ2v) is 5.31. The van der Waals surface area contributed by atoms with E-state index in [1.807, 2.05) is 32.0 Å². The van der Waals surface area contributed by atoms with Crippen molar-refractivity contribution < 1.29 is 5.11 Å². The predicted octanol–water partition coefficient (Wildman–Crippen LogP) is 3.16. The fraction of sp³-hybridized carbons (Fsp3) is 0.188. The van der Waals surface area contributed by atoms with Crippen LogP contribution >= 0.6 is 12.2 Å². The number of rotatable bonds is 4. The number of hydrogen-bond acceptors (Lipinski definition) is 4. The van der Waals surface area contributed by atoms with E-state index in [1.165, 1.54) is 16.3 Å². The molecular formula is C16H17N3O2S. The lowest BCUT2D eigenvalue weighted by Crippen LogP contribution is -2.18. The van der Waals surface area contributed by atoms with Crippen molar-refractivity contribution in [2.24, 2.45) is 4.99 Å². The Morgan fingerprint density at radius 3 is 2.77 bits per heavy atom. The Hall–Kier alpha value is -2.47. The van der Waals surface area contributed by atoms with E-state index in [2.05, 4.69) is 16.6 Å². The van der Waals surface area contributed by atoms with Crippen LogP contribution in [-0.4, -0.2) is 20.9 Å². The lowest BCUT2D eigenvalue weighted by atomic mass is 10.1. The minimum Gasteiger partial charge on any atom is -0.494 e. The molecule has 114 valence electrons. The minimum atomic E-state index is -0.476. The van der Waals surface area contributed by atoms with Crippen molar-refractivity contribution in [1.82, 2.24) is 9.55 Å². The molecule has 0 radical (unpaired) electrons. The maximum atomic E-state index is 11.9. The summed E-state index contributed by atoms with van der Waals surface area (Å²) >= 11 is 5.02. The number of nitrogens with one attached hydrogen (secondary N) is 1. The third-order valence-electron chi connectivity index (χ3n) is 3.35. The molecule has 2 N–H and O–H groups in total. The minimum absolute atomic E-state index is 0.0636. The maximum Gasteiger partial charge on any atom is 0.264 e. The van der Waals surface area contributed by atoms with Crippen LogP contribution in [0.15, 0.2) is 40.6 Å². The van der Waals surface area contributed by atoms with Gasteiger partial charge in [0.25, 0.3) is 5.56 Å². The smallest absolute Gasteiger partial charge is 0.264 e. The summed E-state index contributed by atoms with van der Waals surface area (Å²) in [4.78, 5) is 18.7. The van der Waals surface area contributed by atoms with E-state index in [-0.39, 0.29) is 16.2 Å². The third kappa shape index (κ3) is 3.23. The van der Waals surface area contributed by atoms with E-state index in [0.29, 0.717) is 12.2 Å². The van der Waals surface area contributed by atoms with Crippen molar-refractivity contribution in [1.29, 1.82) is 0 Å². The van der Waals surface area contributed by atoms with Gasteiger partial charge in [-0.25, -0.2) is 0 Å². The summed E-state index contributed by atoms with van der Waals surface area (Å²) in [5.41, 5.74) is 2.57. The van der Waals surface area contributed by atoms with Gasteiger partial charge in [-0.1, -0.05) is 12.1 Å². The highest BCUT2D eigenvalue weighted by atomic mass is 32.1. The predicted molar refractivity (Wildman–Crippen MR) is 90.9 cm³/mol. The van der Waals surface area contributed by atoms with Crippen LogP contribution in [0.5, 0.6) is 5.88 Å². The zero-order valence-electron chi connectivity index (χ0n) is 12.5. The summed E-state index contributed by atoms with van der Waals surface area (Å²) in [7, 11) is 0. The molecule has 6 heteroatoms. The fourth-order valence-electron chi connectivity index (χ4n) is 1.93. The first kappa shape index (κ1) is 15.9. The Kier molecular flexibility index (Phi) is 4.72. The van der Waals surface area contributed by atoms with Crippen LogP contribution in [0.2, 0.25) is 0 Å². The lowest BCUT2D eigenvalue weighted by molar-refractivity contribution is 0.413. The summed E-state index contributed by atoms with van der Waals surface area (Å²) in [5, 5.41) is 10.2. The first-order chi connectivity index (χ1) is 10.4. The molecule has 0 aliphatic carbocycles. The second kappa shape index (κ2) is 6.53. The normalized spacial score (nSPS) is 11.0. The molecule has 0 aliphatic rings. The van der Waals surface area contributed by atoms with E-state index in [4.69, 9.17) is 12.2 Å². The van der Waals surface area contributed by atoms with Crippen LogP contribution < -0.4 is 5.56 Å². The number of H-pyrrole nitrogens is 1. The Bertz CT molecular complexity index is 863. The van der Waals surface area contributed by atoms with Gasteiger partial charge in [-0.05, 0) is 49.3 Å². The molecule has 2 rings (SSSR count). The quantitative estimate of drug-likeness (QED) is 0.517. The lowest BCUT2D eigenvalue weighted by Gasteiger charge is -2.08. The van der Waals surface area contributed by atoms with Gasteiger partial charge >= 0.3 is 0 Å². The first-order valence-electron chi connectivity index (χ1n) is 6.72. The number of benzene rings is 1. The van der Waals surface area contributed by atoms with Gasteiger partial charge in [0.05, 0.1) is 5.69 Å². The highest BCUT2D eigenvalue weighted by molar-refractivity contribution is 7.71. The molecule has 1 aromatic heterocycles. The molecule has 2 aromatic rings. The average Bonchev–Trinajstić information content (AvgIpc) is 2.46. The largest absolute Gasteiger partial charge is 0.494 e. The third-order valence-corrected chi connectivity index (χ3v) is 3.67. The molecule has 1 heterocycles. The summed E-state index contributed by atoms with van der Waals surface area (Å²) in [5.74, 6) is -0.221. The number of aryl methyl sites for hydroxylation is 2. The van der Waals surface area contributed by atoms with Crippen LogP contribution in [0.4, 0.5) is 5.69 Å². The number of aromatic amines is 1. The van der Waals surface area contributed by atoms with E-state index in [1.54, 1.807) is 6.08 Å². The number of hydrogen-bond donors (Lipinski definition) is 2. The van der Waals surface area contributed by atoms with Gasteiger partial charge in [0.1, 0.15) is 5.56 Å². The molecule has 0 aliphatic heterocycles. The molecule has 5 nitrogen and oxygen atoms in total. The average molecular weight is 315 g/mol. The van der Waals surface area contributed by atoms with Gasteiger partial charge in [0.15, 0.2) is 4.77 Å². The highest BCUT2D eigenvalue weighted by Crippen LogP contribution is 2.18. The van der Waals surface area contributed by atoms with Gasteiger partial charge in [-0.3, -0.25) is 19.3 Å². The zero-order chi connectivity index (χ0) is 16.3. The van der Waals surface area contributed by atoms with Crippen molar-refractivity contribution in [3.8, 4) is 5.88 Å². The number of aromatic hydroxyl groups is 1. The molecule has 0 fully saturated rings. The van der Waals surface area contributed by atoms with Gasteiger partial charge in [-0.2, -0.15) is 0 Å². The number of allylic oxidation sites excluding steroid dienone is 1. The van der Waals surface area contributed by atoms with Crippen molar-refractivity contribution in [3.05, 3.63) is 62.7 Å². The summed E-state index contributed by atoms with van der Waals surface area (Å²) in [6.45, 7) is 7.90. The zero-order valence-corrected chi connectivity index (χ0v) is 13.3. The Morgan fingerprint density at radius 1 is 1.41 bits per heavy atom. The molecular weight excluding hydrogens is 298 g/mol. The van der Waals surface area contributed by atoms with Crippen molar-refractivity contribution in [2.75, 3.05) is 0 Å². The molecule has 0 saturated carbocycles. The van der Waals surface area contributed by atoms with E-state index in [9.17, 15) is 9.90 Å². The number of nitrogens with zero attached hydrogens (tertiary/aromatic N) is 2. The molecule has 0 unspecified atom stereocenters. The van der Waals surface area contributed by atoms with Crippen LogP contribution in [-0.2, 0) is 6.54 Å². The van der Waals surface area contributed by atoms with Gasteiger partial charge in [-0.15, -0.1) is 6.58 Å². The van der Waals surface area contributed by atoms with E-state index >= 15 is 0 Å². The summed E-state index contributed by atoms with van der Waals surface area (Å²) in [6.07, 6.45) is 2.92. The van der Waals surface area contributed by atoms with Gasteiger partial charge < -0.3 is 5.11 Å². The molecule has 0 amide bonds. The van der Waals surface area contributed by atoms with Gasteiger partial charge in [0, 0.05) is 12.8 Å². The van der Waals surface area contributed by atoms with Crippen LogP contribution in [0.1, 0.15) is 16.7 Å². The number of aliphatic imine (C=N–C) groups is 1. The Morgan fingerprint density at radius 2 is 2.14 bits per heavy atom. The Labute approximate surface area is 133 Å². The molecule has 0 saturated heterocycles. The highest BCUT2D eigenvalue weighted by Gasteiger charge is 2.09. The molecule has 0 spiro atoms. The standard InChI is InChI=1S/C16H17N3O2S/c1-4-7-19-15(21)13(14(20)18-16(19)22)9-17-12-6-5-10(2)11(3)8-12/h4-6,8-9,21H,1,7H2,2-3H3,(H,18,20,22). The monoisotopic (exact) mass is 315 g/mol. The molecule has 1 aromatic carbocycles. The van der Waals surface area contributed by atoms with E-state index in [0.717, 1.165) is 5.56 Å². The molecule has 22 heavy (non-hydrogen) atoms. The first-order valence-corrected chi connectivity index (χ1v) is 7.13. The van der Waals surface area contributed by atoms with Crippen LogP contribution in [0, 0.1) is 18.6 Å². The Balaban J connectivity index is 2.48. The summed E-state index contributed by atoms with van der Waals surface area (Å²) < 4.78 is 1.52. The van der Waals surface area contributed by atoms with Crippen LogP contribution in [0.25, 0.3) is 0 Å². The van der Waals surface area contributed by atoms with Crippen molar-refractivity contribution >= 4 is 24.1 Å². The molecule has 0 atom stereocenters.